The number of methoxy groups -OCH3 is 1. The highest BCUT2D eigenvalue weighted by molar-refractivity contribution is 6.31. The first-order chi connectivity index (χ1) is 20.1. The van der Waals surface area contributed by atoms with Gasteiger partial charge in [-0.2, -0.15) is 0 Å². The van der Waals surface area contributed by atoms with Gasteiger partial charge in [-0.05, 0) is 77.5 Å². The van der Waals surface area contributed by atoms with E-state index in [4.69, 9.17) is 21.9 Å². The van der Waals surface area contributed by atoms with Gasteiger partial charge in [0.05, 0.1) is 18.7 Å². The highest BCUT2D eigenvalue weighted by atomic mass is 35.5. The standard InChI is InChI=1S/C33H30ClN5O2/c1-41-33(40)25-12-15-27(16-13-25)36-20-18-28-29-22-26(34)14-17-30(29)39(31(28)19-21-37-38-35)32(23-8-4-2-5-9-23)24-10-6-3-7-11-24/h2-17,22,32,36H,18-21H2,1H3. The maximum absolute atomic E-state index is 11.8. The summed E-state index contributed by atoms with van der Waals surface area (Å²) in [4.78, 5) is 14.8. The summed E-state index contributed by atoms with van der Waals surface area (Å²) >= 11 is 6.55. The Kier molecular flexibility index (Phi) is 8.89. The molecule has 7 nitrogen and oxygen atoms in total. The number of halogens is 1. The lowest BCUT2D eigenvalue weighted by Gasteiger charge is -2.25. The number of aromatic nitrogens is 1. The minimum absolute atomic E-state index is 0.0882. The van der Waals surface area contributed by atoms with Crippen LogP contribution in [-0.4, -0.2) is 30.7 Å². The SMILES string of the molecule is COC(=O)c1ccc(NCCc2c(CCN=[N+]=[N-])n(C(c3ccccc3)c3ccccc3)c3ccc(Cl)cc23)cc1. The van der Waals surface area contributed by atoms with Gasteiger partial charge in [0.2, 0.25) is 0 Å². The van der Waals surface area contributed by atoms with Gasteiger partial charge in [0.1, 0.15) is 0 Å². The molecule has 0 amide bonds. The van der Waals surface area contributed by atoms with E-state index in [0.717, 1.165) is 39.0 Å². The molecule has 5 rings (SSSR count). The molecule has 0 saturated heterocycles. The van der Waals surface area contributed by atoms with Crippen molar-refractivity contribution in [2.45, 2.75) is 18.9 Å². The van der Waals surface area contributed by atoms with E-state index in [-0.39, 0.29) is 12.0 Å². The number of nitrogens with one attached hydrogen (secondary N) is 1. The van der Waals surface area contributed by atoms with Crippen molar-refractivity contribution in [2.75, 3.05) is 25.5 Å². The zero-order valence-corrected chi connectivity index (χ0v) is 23.5. The van der Waals surface area contributed by atoms with Crippen molar-refractivity contribution < 1.29 is 9.53 Å². The van der Waals surface area contributed by atoms with Gasteiger partial charge >= 0.3 is 5.97 Å². The highest BCUT2D eigenvalue weighted by Crippen LogP contribution is 2.37. The van der Waals surface area contributed by atoms with Crippen LogP contribution in [0, 0.1) is 0 Å². The Morgan fingerprint density at radius 1 is 0.951 bits per heavy atom. The van der Waals surface area contributed by atoms with Crippen molar-refractivity contribution in [3.05, 3.63) is 147 Å². The van der Waals surface area contributed by atoms with Crippen LogP contribution in [0.4, 0.5) is 5.69 Å². The molecule has 8 heteroatoms. The number of benzene rings is 4. The monoisotopic (exact) mass is 563 g/mol. The number of fused-ring (bicyclic) bond motifs is 1. The van der Waals surface area contributed by atoms with E-state index in [9.17, 15) is 4.79 Å². The van der Waals surface area contributed by atoms with Gasteiger partial charge in [-0.1, -0.05) is 77.4 Å². The second-order valence-corrected chi connectivity index (χ2v) is 10.1. The molecule has 0 aliphatic carbocycles. The normalized spacial score (nSPS) is 10.9. The summed E-state index contributed by atoms with van der Waals surface area (Å²) in [5.41, 5.74) is 16.1. The minimum atomic E-state index is -0.364. The second-order valence-electron chi connectivity index (χ2n) is 9.63. The topological polar surface area (TPSA) is 92.0 Å². The van der Waals surface area contributed by atoms with Gasteiger partial charge in [-0.15, -0.1) is 0 Å². The fourth-order valence-electron chi connectivity index (χ4n) is 5.39. The third-order valence-corrected chi connectivity index (χ3v) is 7.43. The van der Waals surface area contributed by atoms with E-state index in [1.165, 1.54) is 7.11 Å². The molecule has 4 aromatic carbocycles. The number of rotatable bonds is 11. The number of ether oxygens (including phenoxy) is 1. The molecule has 0 aliphatic heterocycles. The van der Waals surface area contributed by atoms with Crippen molar-refractivity contribution in [1.29, 1.82) is 0 Å². The molecule has 0 bridgehead atoms. The zero-order valence-electron chi connectivity index (χ0n) is 22.7. The van der Waals surface area contributed by atoms with Gasteiger partial charge in [0.15, 0.2) is 0 Å². The molecular weight excluding hydrogens is 534 g/mol. The number of azide groups is 1. The average Bonchev–Trinajstić information content (AvgIpc) is 3.30. The van der Waals surface area contributed by atoms with Crippen LogP contribution in [0.1, 0.15) is 38.8 Å². The van der Waals surface area contributed by atoms with Crippen LogP contribution in [0.15, 0.2) is 108 Å². The van der Waals surface area contributed by atoms with E-state index in [0.29, 0.717) is 36.5 Å². The number of hydrogen-bond donors (Lipinski definition) is 1. The Labute approximate surface area is 244 Å². The number of anilines is 1. The molecule has 0 atom stereocenters. The predicted molar refractivity (Wildman–Crippen MR) is 165 cm³/mol. The summed E-state index contributed by atoms with van der Waals surface area (Å²) in [6.45, 7) is 0.991. The predicted octanol–water partition coefficient (Wildman–Crippen LogP) is 8.23. The van der Waals surface area contributed by atoms with Crippen molar-refractivity contribution in [2.24, 2.45) is 5.11 Å². The van der Waals surface area contributed by atoms with E-state index in [2.05, 4.69) is 74.5 Å². The zero-order chi connectivity index (χ0) is 28.6. The number of hydrogen-bond acceptors (Lipinski definition) is 4. The molecule has 0 fully saturated rings. The second kappa shape index (κ2) is 13.1. The number of esters is 1. The molecule has 41 heavy (non-hydrogen) atoms. The van der Waals surface area contributed by atoms with Gasteiger partial charge in [0, 0.05) is 45.3 Å². The van der Waals surface area contributed by atoms with Gasteiger partial charge in [-0.3, -0.25) is 0 Å². The molecule has 0 saturated carbocycles. The fraction of sp³-hybridized carbons (Fsp3) is 0.182. The Morgan fingerprint density at radius 3 is 2.22 bits per heavy atom. The lowest BCUT2D eigenvalue weighted by atomic mass is 9.97. The molecule has 1 aromatic heterocycles. The van der Waals surface area contributed by atoms with Crippen LogP contribution in [0.5, 0.6) is 0 Å². The molecule has 5 aromatic rings. The van der Waals surface area contributed by atoms with E-state index in [1.54, 1.807) is 12.1 Å². The summed E-state index contributed by atoms with van der Waals surface area (Å²) in [5.74, 6) is -0.364. The summed E-state index contributed by atoms with van der Waals surface area (Å²) < 4.78 is 7.18. The van der Waals surface area contributed by atoms with Crippen LogP contribution >= 0.6 is 11.6 Å². The molecule has 206 valence electrons. The first-order valence-corrected chi connectivity index (χ1v) is 13.8. The van der Waals surface area contributed by atoms with Crippen molar-refractivity contribution >= 4 is 34.2 Å². The van der Waals surface area contributed by atoms with Crippen molar-refractivity contribution in [3.63, 3.8) is 0 Å². The lowest BCUT2D eigenvalue weighted by Crippen LogP contribution is -2.17. The smallest absolute Gasteiger partial charge is 0.337 e. The van der Waals surface area contributed by atoms with Gasteiger partial charge in [-0.25, -0.2) is 4.79 Å². The Morgan fingerprint density at radius 2 is 1.61 bits per heavy atom. The van der Waals surface area contributed by atoms with E-state index in [1.807, 2.05) is 36.4 Å². The van der Waals surface area contributed by atoms with Crippen LogP contribution in [-0.2, 0) is 17.6 Å². The minimum Gasteiger partial charge on any atom is -0.465 e. The van der Waals surface area contributed by atoms with Crippen LogP contribution in [0.3, 0.4) is 0 Å². The quantitative estimate of drug-likeness (QED) is 0.0759. The molecule has 0 radical (unpaired) electrons. The summed E-state index contributed by atoms with van der Waals surface area (Å²) in [5, 5.41) is 9.11. The van der Waals surface area contributed by atoms with Crippen LogP contribution in [0.2, 0.25) is 5.02 Å². The third-order valence-electron chi connectivity index (χ3n) is 7.19. The highest BCUT2D eigenvalue weighted by Gasteiger charge is 2.25. The third kappa shape index (κ3) is 6.22. The molecule has 0 spiro atoms. The van der Waals surface area contributed by atoms with Gasteiger partial charge < -0.3 is 14.6 Å². The lowest BCUT2D eigenvalue weighted by molar-refractivity contribution is 0.0600. The maximum Gasteiger partial charge on any atom is 0.337 e. The molecule has 0 aliphatic rings. The summed E-state index contributed by atoms with van der Waals surface area (Å²) in [7, 11) is 1.37. The van der Waals surface area contributed by atoms with Crippen LogP contribution < -0.4 is 5.32 Å². The Bertz CT molecular complexity index is 1640. The first-order valence-electron chi connectivity index (χ1n) is 13.4. The summed E-state index contributed by atoms with van der Waals surface area (Å²) in [6, 6.07) is 34.1. The molecule has 1 heterocycles. The average molecular weight is 564 g/mol. The number of carbonyl (C=O) groups is 1. The number of carbonyl (C=O) groups excluding carboxylic acids is 1. The first kappa shape index (κ1) is 27.8. The van der Waals surface area contributed by atoms with E-state index < -0.39 is 0 Å². The Balaban J connectivity index is 1.59. The molecule has 0 unspecified atom stereocenters. The van der Waals surface area contributed by atoms with Gasteiger partial charge in [0.25, 0.3) is 0 Å². The molecule has 1 N–H and O–H groups in total. The fourth-order valence-corrected chi connectivity index (χ4v) is 5.56. The number of nitrogens with zero attached hydrogens (tertiary/aromatic N) is 4. The Hall–Kier alpha value is -4.71. The van der Waals surface area contributed by atoms with E-state index >= 15 is 0 Å². The maximum atomic E-state index is 11.8. The van der Waals surface area contributed by atoms with Crippen LogP contribution in [0.25, 0.3) is 21.3 Å². The molecular formula is C33H30ClN5O2. The summed E-state index contributed by atoms with van der Waals surface area (Å²) in [6.07, 6.45) is 1.29. The van der Waals surface area contributed by atoms with Crippen molar-refractivity contribution in [3.8, 4) is 0 Å². The van der Waals surface area contributed by atoms with Crippen molar-refractivity contribution in [1.82, 2.24) is 4.57 Å². The largest absolute Gasteiger partial charge is 0.465 e.